The smallest absolute Gasteiger partial charge is 0.297 e. The second kappa shape index (κ2) is 8.69. The first kappa shape index (κ1) is 23.4. The summed E-state index contributed by atoms with van der Waals surface area (Å²) in [5.74, 6) is 0.776. The van der Waals surface area contributed by atoms with Crippen LogP contribution in [0.4, 0.5) is 5.13 Å². The van der Waals surface area contributed by atoms with E-state index in [4.69, 9.17) is 18.6 Å². The lowest BCUT2D eigenvalue weighted by Crippen LogP contribution is -2.29. The highest BCUT2D eigenvalue weighted by Crippen LogP contribution is 2.47. The largest absolute Gasteiger partial charge is 0.493 e. The summed E-state index contributed by atoms with van der Waals surface area (Å²) in [6.07, 6.45) is 0. The molecule has 8 nitrogen and oxygen atoms in total. The lowest BCUT2D eigenvalue weighted by Gasteiger charge is -2.24. The Morgan fingerprint density at radius 1 is 1.03 bits per heavy atom. The monoisotopic (exact) mass is 556 g/mol. The zero-order chi connectivity index (χ0) is 25.0. The number of methoxy groups -OCH3 is 3. The average Bonchev–Trinajstić information content (AvgIpc) is 3.34. The predicted molar refractivity (Wildman–Crippen MR) is 137 cm³/mol. The van der Waals surface area contributed by atoms with Gasteiger partial charge < -0.3 is 18.6 Å². The van der Waals surface area contributed by atoms with Crippen LogP contribution in [0.3, 0.4) is 0 Å². The number of nitrogens with zero attached hydrogens (tertiary/aromatic N) is 2. The van der Waals surface area contributed by atoms with Gasteiger partial charge in [0.05, 0.1) is 44.0 Å². The van der Waals surface area contributed by atoms with Crippen molar-refractivity contribution in [1.29, 1.82) is 0 Å². The molecular weight excluding hydrogens is 536 g/mol. The maximum Gasteiger partial charge on any atom is 0.297 e. The molecule has 0 fully saturated rings. The summed E-state index contributed by atoms with van der Waals surface area (Å²) in [6, 6.07) is 7.79. The number of aromatic nitrogens is 1. The Morgan fingerprint density at radius 3 is 2.29 bits per heavy atom. The number of rotatable bonds is 5. The molecule has 2 aromatic heterocycles. The molecule has 2 aromatic carbocycles. The Balaban J connectivity index is 1.85. The molecule has 3 heterocycles. The van der Waals surface area contributed by atoms with Crippen molar-refractivity contribution >= 4 is 49.3 Å². The molecule has 0 aliphatic carbocycles. The molecule has 4 aromatic rings. The Bertz CT molecular complexity index is 1520. The summed E-state index contributed by atoms with van der Waals surface area (Å²) < 4.78 is 23.3. The van der Waals surface area contributed by atoms with E-state index in [9.17, 15) is 9.59 Å². The van der Waals surface area contributed by atoms with E-state index in [2.05, 4.69) is 20.9 Å². The van der Waals surface area contributed by atoms with E-state index < -0.39 is 11.9 Å². The summed E-state index contributed by atoms with van der Waals surface area (Å²) in [5.41, 5.74) is 1.69. The van der Waals surface area contributed by atoms with Crippen LogP contribution >= 0.6 is 27.3 Å². The molecule has 5 rings (SSSR count). The Kier molecular flexibility index (Phi) is 5.80. The fraction of sp³-hybridized carbons (Fsp3) is 0.240. The van der Waals surface area contributed by atoms with Crippen molar-refractivity contribution in [3.63, 3.8) is 0 Å². The molecule has 10 heteroatoms. The second-order valence-corrected chi connectivity index (χ2v) is 10.1. The van der Waals surface area contributed by atoms with Crippen molar-refractivity contribution in [3.05, 3.63) is 72.5 Å². The second-order valence-electron chi connectivity index (χ2n) is 7.99. The molecule has 180 valence electrons. The summed E-state index contributed by atoms with van der Waals surface area (Å²) in [7, 11) is 4.54. The third-order valence-electron chi connectivity index (χ3n) is 6.06. The third kappa shape index (κ3) is 3.59. The number of thiazole rings is 1. The van der Waals surface area contributed by atoms with E-state index >= 15 is 0 Å². The fourth-order valence-electron chi connectivity index (χ4n) is 4.28. The van der Waals surface area contributed by atoms with Gasteiger partial charge in [0.15, 0.2) is 22.1 Å². The molecule has 0 spiro atoms. The van der Waals surface area contributed by atoms with Crippen LogP contribution in [0.5, 0.6) is 17.2 Å². The van der Waals surface area contributed by atoms with Gasteiger partial charge in [0.2, 0.25) is 11.5 Å². The first-order valence-electron chi connectivity index (χ1n) is 10.6. The van der Waals surface area contributed by atoms with Crippen LogP contribution in [-0.4, -0.2) is 32.2 Å². The zero-order valence-electron chi connectivity index (χ0n) is 19.6. The van der Waals surface area contributed by atoms with Crippen molar-refractivity contribution in [2.45, 2.75) is 19.9 Å². The number of aryl methyl sites for hydroxylation is 2. The first-order valence-corrected chi connectivity index (χ1v) is 12.2. The van der Waals surface area contributed by atoms with Crippen LogP contribution in [0.1, 0.15) is 38.3 Å². The number of amides is 1. The van der Waals surface area contributed by atoms with Crippen LogP contribution in [0.15, 0.2) is 44.0 Å². The number of hydrogen-bond acceptors (Lipinski definition) is 8. The van der Waals surface area contributed by atoms with E-state index in [-0.39, 0.29) is 16.8 Å². The normalized spacial score (nSPS) is 15.0. The molecule has 1 aliphatic rings. The van der Waals surface area contributed by atoms with Crippen molar-refractivity contribution in [1.82, 2.24) is 4.98 Å². The number of fused-ring (bicyclic) bond motifs is 2. The minimum Gasteiger partial charge on any atom is -0.493 e. The Hall–Kier alpha value is -3.37. The maximum absolute atomic E-state index is 13.8. The van der Waals surface area contributed by atoms with Gasteiger partial charge in [0, 0.05) is 9.35 Å². The van der Waals surface area contributed by atoms with Crippen molar-refractivity contribution in [2.24, 2.45) is 0 Å². The fourth-order valence-corrected chi connectivity index (χ4v) is 5.57. The number of ether oxygens (including phenoxy) is 3. The van der Waals surface area contributed by atoms with Gasteiger partial charge in [-0.3, -0.25) is 14.5 Å². The standard InChI is InChI=1S/C25H21BrN2O6S/c1-11-12(2)35-25(27-11)28-20(13-8-17(31-3)22(33-5)18(9-13)32-4)19-21(29)15-10-14(26)6-7-16(15)34-23(19)24(28)30/h6-10,20H,1-5H3/t20-/m0/s1. The maximum atomic E-state index is 13.8. The Morgan fingerprint density at radius 2 is 1.71 bits per heavy atom. The Labute approximate surface area is 213 Å². The van der Waals surface area contributed by atoms with E-state index in [1.807, 2.05) is 13.8 Å². The lowest BCUT2D eigenvalue weighted by molar-refractivity contribution is 0.0971. The number of carbonyl (C=O) groups excluding carboxylic acids is 1. The van der Waals surface area contributed by atoms with Gasteiger partial charge in [0.1, 0.15) is 5.58 Å². The van der Waals surface area contributed by atoms with E-state index in [1.165, 1.54) is 37.6 Å². The molecule has 0 radical (unpaired) electrons. The molecule has 0 N–H and O–H groups in total. The van der Waals surface area contributed by atoms with Gasteiger partial charge in [0.25, 0.3) is 5.91 Å². The molecule has 1 amide bonds. The first-order chi connectivity index (χ1) is 16.8. The predicted octanol–water partition coefficient (Wildman–Crippen LogP) is 5.40. The number of anilines is 1. The molecular formula is C25H21BrN2O6S. The minimum absolute atomic E-state index is 0.00548. The molecule has 0 bridgehead atoms. The van der Waals surface area contributed by atoms with Crippen LogP contribution in [0, 0.1) is 13.8 Å². The molecule has 1 atom stereocenters. The highest BCUT2D eigenvalue weighted by Gasteiger charge is 2.45. The van der Waals surface area contributed by atoms with Gasteiger partial charge in [-0.25, -0.2) is 4.98 Å². The molecule has 0 unspecified atom stereocenters. The van der Waals surface area contributed by atoms with E-state index in [1.54, 1.807) is 30.3 Å². The SMILES string of the molecule is COc1cc([C@H]2c3c(oc4ccc(Br)cc4c3=O)C(=O)N2c2nc(C)c(C)s2)cc(OC)c1OC. The average molecular weight is 557 g/mol. The topological polar surface area (TPSA) is 91.1 Å². The van der Waals surface area contributed by atoms with Gasteiger partial charge in [-0.2, -0.15) is 0 Å². The van der Waals surface area contributed by atoms with Crippen molar-refractivity contribution < 1.29 is 23.4 Å². The van der Waals surface area contributed by atoms with Crippen LogP contribution in [-0.2, 0) is 0 Å². The summed E-state index contributed by atoms with van der Waals surface area (Å²) in [6.45, 7) is 3.82. The lowest BCUT2D eigenvalue weighted by atomic mass is 9.98. The number of hydrogen-bond donors (Lipinski definition) is 0. The summed E-state index contributed by atoms with van der Waals surface area (Å²) in [4.78, 5) is 34.7. The molecule has 0 saturated carbocycles. The quantitative estimate of drug-likeness (QED) is 0.324. The number of carbonyl (C=O) groups is 1. The van der Waals surface area contributed by atoms with Crippen LogP contribution < -0.4 is 24.5 Å². The van der Waals surface area contributed by atoms with Crippen LogP contribution in [0.25, 0.3) is 11.0 Å². The van der Waals surface area contributed by atoms with Crippen molar-refractivity contribution in [2.75, 3.05) is 26.2 Å². The molecule has 1 aliphatic heterocycles. The zero-order valence-corrected chi connectivity index (χ0v) is 22.0. The van der Waals surface area contributed by atoms with Gasteiger partial charge >= 0.3 is 0 Å². The molecule has 35 heavy (non-hydrogen) atoms. The third-order valence-corrected chi connectivity index (χ3v) is 7.62. The van der Waals surface area contributed by atoms with Gasteiger partial charge in [-0.05, 0) is 49.7 Å². The molecule has 0 saturated heterocycles. The number of halogens is 1. The highest BCUT2D eigenvalue weighted by molar-refractivity contribution is 9.10. The number of benzene rings is 2. The van der Waals surface area contributed by atoms with Crippen LogP contribution in [0.2, 0.25) is 0 Å². The van der Waals surface area contributed by atoms with Crippen molar-refractivity contribution in [3.8, 4) is 17.2 Å². The van der Waals surface area contributed by atoms with E-state index in [0.717, 1.165) is 15.0 Å². The summed E-state index contributed by atoms with van der Waals surface area (Å²) >= 11 is 4.80. The summed E-state index contributed by atoms with van der Waals surface area (Å²) in [5, 5.41) is 0.844. The van der Waals surface area contributed by atoms with E-state index in [0.29, 0.717) is 38.9 Å². The van der Waals surface area contributed by atoms with Gasteiger partial charge in [-0.1, -0.05) is 15.9 Å². The van der Waals surface area contributed by atoms with Gasteiger partial charge in [-0.15, -0.1) is 11.3 Å². The minimum atomic E-state index is -0.809. The highest BCUT2D eigenvalue weighted by atomic mass is 79.9.